The molecule has 0 unspecified atom stereocenters. The molecule has 1 aromatic heterocycles. The van der Waals surface area contributed by atoms with Gasteiger partial charge in [-0.2, -0.15) is 0 Å². The van der Waals surface area contributed by atoms with E-state index in [-0.39, 0.29) is 17.1 Å². The van der Waals surface area contributed by atoms with E-state index in [0.717, 1.165) is 43.0 Å². The number of rotatable bonds is 5. The minimum atomic E-state index is -0.0976. The van der Waals surface area contributed by atoms with E-state index < -0.39 is 0 Å². The van der Waals surface area contributed by atoms with Gasteiger partial charge in [0, 0.05) is 19.0 Å². The molecule has 22 heavy (non-hydrogen) atoms. The van der Waals surface area contributed by atoms with Crippen molar-refractivity contribution in [3.8, 4) is 0 Å². The molecule has 1 saturated carbocycles. The number of thioether (sulfide) groups is 1. The molecule has 1 aliphatic heterocycles. The summed E-state index contributed by atoms with van der Waals surface area (Å²) in [7, 11) is 0. The van der Waals surface area contributed by atoms with Crippen LogP contribution in [-0.4, -0.2) is 39.8 Å². The quantitative estimate of drug-likeness (QED) is 0.832. The minimum Gasteiger partial charge on any atom is -0.355 e. The first kappa shape index (κ1) is 15.7. The van der Waals surface area contributed by atoms with Crippen LogP contribution in [0.2, 0.25) is 0 Å². The van der Waals surface area contributed by atoms with Crippen LogP contribution < -0.4 is 10.2 Å². The van der Waals surface area contributed by atoms with Crippen molar-refractivity contribution < 1.29 is 9.59 Å². The number of carbonyl (C=O) groups excluding carboxylic acids is 2. The maximum atomic E-state index is 12.1. The second-order valence-corrected chi connectivity index (χ2v) is 8.00. The Morgan fingerprint density at radius 3 is 2.91 bits per heavy atom. The second-order valence-electron chi connectivity index (χ2n) is 5.59. The molecule has 0 spiro atoms. The number of amides is 2. The number of hydrogen-bond donors (Lipinski definition) is 1. The standard InChI is InChI=1S/C14H20N4O2S2/c1-2-11(19)18(9-6-7-9)13-16-17-14(22-13)21-10-5-3-4-8-15-12(10)20/h9-10H,2-8H2,1H3,(H,15,20)/t10-/m1/s1. The molecule has 2 aliphatic rings. The molecule has 0 radical (unpaired) electrons. The maximum Gasteiger partial charge on any atom is 0.233 e. The maximum absolute atomic E-state index is 12.1. The second kappa shape index (κ2) is 6.95. The molecule has 6 nitrogen and oxygen atoms in total. The largest absolute Gasteiger partial charge is 0.355 e. The van der Waals surface area contributed by atoms with Crippen molar-refractivity contribution in [1.29, 1.82) is 0 Å². The third kappa shape index (κ3) is 3.60. The van der Waals surface area contributed by atoms with Crippen LogP contribution in [0.4, 0.5) is 5.13 Å². The lowest BCUT2D eigenvalue weighted by Crippen LogP contribution is -2.32. The van der Waals surface area contributed by atoms with E-state index in [1.807, 2.05) is 6.92 Å². The van der Waals surface area contributed by atoms with E-state index in [1.165, 1.54) is 23.1 Å². The van der Waals surface area contributed by atoms with E-state index in [1.54, 1.807) is 4.90 Å². The minimum absolute atomic E-state index is 0.0860. The van der Waals surface area contributed by atoms with Gasteiger partial charge in [-0.3, -0.25) is 14.5 Å². The van der Waals surface area contributed by atoms with E-state index in [4.69, 9.17) is 0 Å². The molecule has 8 heteroatoms. The fourth-order valence-corrected chi connectivity index (χ4v) is 4.70. The van der Waals surface area contributed by atoms with Crippen LogP contribution in [-0.2, 0) is 9.59 Å². The summed E-state index contributed by atoms with van der Waals surface area (Å²) >= 11 is 2.89. The van der Waals surface area contributed by atoms with Crippen LogP contribution in [0.5, 0.6) is 0 Å². The fourth-order valence-electron chi connectivity index (χ4n) is 2.46. The van der Waals surface area contributed by atoms with Gasteiger partial charge in [0.15, 0.2) is 4.34 Å². The molecule has 1 N–H and O–H groups in total. The number of hydrogen-bond acceptors (Lipinski definition) is 6. The summed E-state index contributed by atoms with van der Waals surface area (Å²) in [6.07, 6.45) is 5.50. The van der Waals surface area contributed by atoms with Crippen molar-refractivity contribution >= 4 is 40.0 Å². The van der Waals surface area contributed by atoms with Crippen molar-refractivity contribution in [2.24, 2.45) is 0 Å². The number of carbonyl (C=O) groups is 2. The van der Waals surface area contributed by atoms with Crippen molar-refractivity contribution in [2.75, 3.05) is 11.4 Å². The molecule has 2 amide bonds. The van der Waals surface area contributed by atoms with Crippen LogP contribution in [0, 0.1) is 0 Å². The summed E-state index contributed by atoms with van der Waals surface area (Å²) in [5.41, 5.74) is 0. The molecule has 1 saturated heterocycles. The van der Waals surface area contributed by atoms with Gasteiger partial charge >= 0.3 is 0 Å². The Balaban J connectivity index is 1.69. The molecule has 1 atom stereocenters. The van der Waals surface area contributed by atoms with Crippen LogP contribution >= 0.6 is 23.1 Å². The summed E-state index contributed by atoms with van der Waals surface area (Å²) in [5, 5.41) is 11.9. The molecule has 0 bridgehead atoms. The predicted octanol–water partition coefficient (Wildman–Crippen LogP) is 2.20. The zero-order valence-corrected chi connectivity index (χ0v) is 14.2. The highest BCUT2D eigenvalue weighted by molar-refractivity contribution is 8.02. The number of aromatic nitrogens is 2. The summed E-state index contributed by atoms with van der Waals surface area (Å²) < 4.78 is 0.770. The van der Waals surface area contributed by atoms with Crippen molar-refractivity contribution in [2.45, 2.75) is 61.1 Å². The van der Waals surface area contributed by atoms with Crippen LogP contribution in [0.15, 0.2) is 4.34 Å². The topological polar surface area (TPSA) is 75.2 Å². The third-order valence-electron chi connectivity index (χ3n) is 3.81. The van der Waals surface area contributed by atoms with Gasteiger partial charge in [0.25, 0.3) is 0 Å². The Morgan fingerprint density at radius 1 is 1.36 bits per heavy atom. The average Bonchev–Trinajstić information content (AvgIpc) is 3.27. The number of anilines is 1. The average molecular weight is 340 g/mol. The van der Waals surface area contributed by atoms with Crippen molar-refractivity contribution in [3.63, 3.8) is 0 Å². The lowest BCUT2D eigenvalue weighted by molar-refractivity contribution is -0.120. The highest BCUT2D eigenvalue weighted by atomic mass is 32.2. The first-order valence-electron chi connectivity index (χ1n) is 7.79. The Hall–Kier alpha value is -1.15. The van der Waals surface area contributed by atoms with Gasteiger partial charge in [0.2, 0.25) is 16.9 Å². The zero-order chi connectivity index (χ0) is 15.5. The SMILES string of the molecule is CCC(=O)N(c1nnc(S[C@@H]2CCCCNC2=O)s1)C1CC1. The summed E-state index contributed by atoms with van der Waals surface area (Å²) in [4.78, 5) is 25.9. The van der Waals surface area contributed by atoms with Gasteiger partial charge in [-0.15, -0.1) is 10.2 Å². The predicted molar refractivity (Wildman–Crippen MR) is 87.2 cm³/mol. The number of nitrogens with one attached hydrogen (secondary N) is 1. The molecule has 1 aliphatic carbocycles. The zero-order valence-electron chi connectivity index (χ0n) is 12.6. The summed E-state index contributed by atoms with van der Waals surface area (Å²) in [5.74, 6) is 0.186. The Kier molecular flexibility index (Phi) is 4.97. The van der Waals surface area contributed by atoms with E-state index in [9.17, 15) is 9.59 Å². The lowest BCUT2D eigenvalue weighted by Gasteiger charge is -2.17. The highest BCUT2D eigenvalue weighted by Crippen LogP contribution is 2.38. The normalized spacial score (nSPS) is 22.0. The fraction of sp³-hybridized carbons (Fsp3) is 0.714. The number of nitrogens with zero attached hydrogens (tertiary/aromatic N) is 3. The molecule has 3 rings (SSSR count). The van der Waals surface area contributed by atoms with Gasteiger partial charge < -0.3 is 5.32 Å². The summed E-state index contributed by atoms with van der Waals surface area (Å²) in [6, 6.07) is 0.291. The molecule has 1 aromatic rings. The Morgan fingerprint density at radius 2 is 2.18 bits per heavy atom. The molecule has 0 aromatic carbocycles. The van der Waals surface area contributed by atoms with E-state index in [2.05, 4.69) is 15.5 Å². The lowest BCUT2D eigenvalue weighted by atomic mass is 10.2. The van der Waals surface area contributed by atoms with Crippen molar-refractivity contribution in [1.82, 2.24) is 15.5 Å². The van der Waals surface area contributed by atoms with Gasteiger partial charge in [-0.1, -0.05) is 36.4 Å². The Bertz CT molecular complexity index is 559. The molecule has 2 heterocycles. The van der Waals surface area contributed by atoms with Gasteiger partial charge in [0.1, 0.15) is 0 Å². The Labute approximate surface area is 138 Å². The van der Waals surface area contributed by atoms with Gasteiger partial charge in [-0.25, -0.2) is 0 Å². The smallest absolute Gasteiger partial charge is 0.233 e. The van der Waals surface area contributed by atoms with Gasteiger partial charge in [0.05, 0.1) is 5.25 Å². The van der Waals surface area contributed by atoms with Crippen LogP contribution in [0.1, 0.15) is 45.4 Å². The van der Waals surface area contributed by atoms with Gasteiger partial charge in [-0.05, 0) is 25.7 Å². The van der Waals surface area contributed by atoms with E-state index >= 15 is 0 Å². The monoisotopic (exact) mass is 340 g/mol. The van der Waals surface area contributed by atoms with E-state index in [0.29, 0.717) is 17.6 Å². The summed E-state index contributed by atoms with van der Waals surface area (Å²) in [6.45, 7) is 2.63. The van der Waals surface area contributed by atoms with Crippen LogP contribution in [0.3, 0.4) is 0 Å². The first-order valence-corrected chi connectivity index (χ1v) is 9.48. The third-order valence-corrected chi connectivity index (χ3v) is 6.09. The highest BCUT2D eigenvalue weighted by Gasteiger charge is 2.35. The van der Waals surface area contributed by atoms with Crippen LogP contribution in [0.25, 0.3) is 0 Å². The molecular formula is C14H20N4O2S2. The molecule has 2 fully saturated rings. The van der Waals surface area contributed by atoms with Crippen molar-refractivity contribution in [3.05, 3.63) is 0 Å². The molecule has 120 valence electrons. The first-order chi connectivity index (χ1) is 10.7. The molecular weight excluding hydrogens is 320 g/mol.